The van der Waals surface area contributed by atoms with Crippen molar-refractivity contribution in [3.8, 4) is 0 Å². The molecule has 0 radical (unpaired) electrons. The number of halogens is 1. The van der Waals surface area contributed by atoms with Gasteiger partial charge in [-0.2, -0.15) is 4.57 Å². The fourth-order valence-corrected chi connectivity index (χ4v) is 2.40. The molecule has 1 heterocycles. The molecule has 3 nitrogen and oxygen atoms in total. The lowest BCUT2D eigenvalue weighted by Crippen LogP contribution is -3.00. The van der Waals surface area contributed by atoms with Crippen molar-refractivity contribution in [2.75, 3.05) is 0 Å². The number of carbonyl (C=O) groups excluding carboxylic acids is 1. The second-order valence-corrected chi connectivity index (χ2v) is 5.73. The normalized spacial score (nSPS) is 10.0. The van der Waals surface area contributed by atoms with E-state index in [-0.39, 0.29) is 18.3 Å². The quantitative estimate of drug-likeness (QED) is 0.451. The molecule has 1 amide bonds. The third-order valence-electron chi connectivity index (χ3n) is 3.74. The Morgan fingerprint density at radius 3 is 2.00 bits per heavy atom. The molecule has 1 aromatic rings. The van der Waals surface area contributed by atoms with Gasteiger partial charge in [-0.05, 0) is 6.42 Å². The summed E-state index contributed by atoms with van der Waals surface area (Å²) in [5.74, 6) is 0.161. The lowest BCUT2D eigenvalue weighted by atomic mass is 10.1. The molecule has 0 aromatic carbocycles. The molecule has 0 aliphatic carbocycles. The molecule has 126 valence electrons. The highest BCUT2D eigenvalue weighted by Crippen LogP contribution is 2.10. The van der Waals surface area contributed by atoms with E-state index < -0.39 is 0 Å². The van der Waals surface area contributed by atoms with Gasteiger partial charge in [0, 0.05) is 18.6 Å². The topological polar surface area (TPSA) is 33.0 Å². The summed E-state index contributed by atoms with van der Waals surface area (Å²) in [7, 11) is 0. The first-order chi connectivity index (χ1) is 10.3. The van der Waals surface area contributed by atoms with Crippen molar-refractivity contribution >= 4 is 5.91 Å². The fraction of sp³-hybridized carbons (Fsp3) is 0.667. The summed E-state index contributed by atoms with van der Waals surface area (Å²) in [6, 6.07) is 5.90. The Balaban J connectivity index is 0.00000441. The number of pyridine rings is 1. The van der Waals surface area contributed by atoms with Crippen molar-refractivity contribution in [1.29, 1.82) is 0 Å². The van der Waals surface area contributed by atoms with E-state index in [0.29, 0.717) is 13.1 Å². The van der Waals surface area contributed by atoms with Crippen LogP contribution in [0.15, 0.2) is 30.6 Å². The van der Waals surface area contributed by atoms with Crippen molar-refractivity contribution in [3.63, 3.8) is 0 Å². The maximum Gasteiger partial charge on any atom is 0.224 e. The van der Waals surface area contributed by atoms with Crippen molar-refractivity contribution in [1.82, 2.24) is 5.32 Å². The third kappa shape index (κ3) is 11.6. The molecule has 0 aliphatic rings. The van der Waals surface area contributed by atoms with Crippen LogP contribution in [0.4, 0.5) is 0 Å². The highest BCUT2D eigenvalue weighted by atomic mass is 35.5. The van der Waals surface area contributed by atoms with Crippen LogP contribution in [0.2, 0.25) is 0 Å². The number of hydrogen-bond donors (Lipinski definition) is 1. The smallest absolute Gasteiger partial charge is 0.224 e. The maximum atomic E-state index is 11.7. The van der Waals surface area contributed by atoms with Crippen molar-refractivity contribution in [2.45, 2.75) is 77.8 Å². The lowest BCUT2D eigenvalue weighted by molar-refractivity contribution is -0.700. The van der Waals surface area contributed by atoms with Crippen LogP contribution in [0.25, 0.3) is 0 Å². The molecule has 0 spiro atoms. The van der Waals surface area contributed by atoms with E-state index in [1.807, 2.05) is 35.2 Å². The van der Waals surface area contributed by atoms with E-state index in [1.54, 1.807) is 0 Å². The van der Waals surface area contributed by atoms with Gasteiger partial charge in [-0.1, -0.05) is 64.4 Å². The summed E-state index contributed by atoms with van der Waals surface area (Å²) in [6.45, 7) is 2.82. The van der Waals surface area contributed by atoms with E-state index in [9.17, 15) is 4.79 Å². The minimum Gasteiger partial charge on any atom is -1.00 e. The molecule has 0 saturated heterocycles. The number of aromatic nitrogens is 1. The zero-order valence-electron chi connectivity index (χ0n) is 13.9. The monoisotopic (exact) mass is 326 g/mol. The Labute approximate surface area is 141 Å². The second-order valence-electron chi connectivity index (χ2n) is 5.73. The molecule has 0 fully saturated rings. The summed E-state index contributed by atoms with van der Waals surface area (Å²) in [6.07, 6.45) is 16.2. The van der Waals surface area contributed by atoms with Crippen molar-refractivity contribution in [3.05, 3.63) is 30.6 Å². The molecule has 22 heavy (non-hydrogen) atoms. The summed E-state index contributed by atoms with van der Waals surface area (Å²) in [4.78, 5) is 11.7. The van der Waals surface area contributed by atoms with E-state index >= 15 is 0 Å². The molecule has 1 aromatic heterocycles. The number of rotatable bonds is 12. The van der Waals surface area contributed by atoms with Gasteiger partial charge in [0.05, 0.1) is 0 Å². The number of amides is 1. The Kier molecular flexibility index (Phi) is 14.1. The van der Waals surface area contributed by atoms with Crippen LogP contribution < -0.4 is 22.3 Å². The molecule has 0 unspecified atom stereocenters. The van der Waals surface area contributed by atoms with Crippen LogP contribution >= 0.6 is 0 Å². The van der Waals surface area contributed by atoms with Gasteiger partial charge in [0.1, 0.15) is 0 Å². The van der Waals surface area contributed by atoms with E-state index in [1.165, 1.54) is 51.4 Å². The number of unbranched alkanes of at least 4 members (excludes halogenated alkanes) is 8. The van der Waals surface area contributed by atoms with Gasteiger partial charge in [0.25, 0.3) is 0 Å². The number of carbonyl (C=O) groups is 1. The van der Waals surface area contributed by atoms with Gasteiger partial charge >= 0.3 is 0 Å². The second kappa shape index (κ2) is 14.8. The third-order valence-corrected chi connectivity index (χ3v) is 3.74. The van der Waals surface area contributed by atoms with Gasteiger partial charge in [0.15, 0.2) is 12.4 Å². The molecule has 1 rings (SSSR count). The molecule has 0 bridgehead atoms. The van der Waals surface area contributed by atoms with Crippen LogP contribution in [0.5, 0.6) is 0 Å². The Bertz CT molecular complexity index is 371. The van der Waals surface area contributed by atoms with Gasteiger partial charge in [-0.3, -0.25) is 4.79 Å². The Morgan fingerprint density at radius 1 is 0.864 bits per heavy atom. The van der Waals surface area contributed by atoms with E-state index in [0.717, 1.165) is 6.42 Å². The van der Waals surface area contributed by atoms with Crippen LogP contribution in [0, 0.1) is 0 Å². The van der Waals surface area contributed by atoms with Crippen LogP contribution in [-0.4, -0.2) is 5.91 Å². The van der Waals surface area contributed by atoms with Crippen molar-refractivity contribution in [2.24, 2.45) is 0 Å². The number of nitrogens with one attached hydrogen (secondary N) is 1. The zero-order valence-corrected chi connectivity index (χ0v) is 14.7. The van der Waals surface area contributed by atoms with Gasteiger partial charge in [-0.25, -0.2) is 0 Å². The van der Waals surface area contributed by atoms with Crippen LogP contribution in [0.1, 0.15) is 71.1 Å². The van der Waals surface area contributed by atoms with Crippen LogP contribution in [-0.2, 0) is 11.5 Å². The first-order valence-electron chi connectivity index (χ1n) is 8.53. The molecular weight excluding hydrogens is 296 g/mol. The maximum absolute atomic E-state index is 11.7. The van der Waals surface area contributed by atoms with Gasteiger partial charge < -0.3 is 17.7 Å². The minimum atomic E-state index is 0. The zero-order chi connectivity index (χ0) is 15.2. The number of hydrogen-bond acceptors (Lipinski definition) is 1. The predicted molar refractivity (Wildman–Crippen MR) is 86.6 cm³/mol. The fourth-order valence-electron chi connectivity index (χ4n) is 2.40. The predicted octanol–water partition coefficient (Wildman–Crippen LogP) is 0.973. The van der Waals surface area contributed by atoms with E-state index in [2.05, 4.69) is 12.2 Å². The SMILES string of the molecule is CCCCCCCCCCCC(=O)NC[n+]1ccccc1.[Cl-]. The molecule has 1 N–H and O–H groups in total. The minimum absolute atomic E-state index is 0. The molecule has 0 saturated carbocycles. The standard InChI is InChI=1S/C18H30N2O.ClH/c1-2-3-4-5-6-7-8-9-11-14-18(21)19-17-20-15-12-10-13-16-20;/h10,12-13,15-16H,2-9,11,14,17H2,1H3;1H. The molecular formula is C18H31ClN2O. The highest BCUT2D eigenvalue weighted by Gasteiger charge is 2.03. The molecule has 0 atom stereocenters. The first kappa shape index (κ1) is 20.9. The van der Waals surface area contributed by atoms with Crippen molar-refractivity contribution < 1.29 is 21.8 Å². The summed E-state index contributed by atoms with van der Waals surface area (Å²) >= 11 is 0. The highest BCUT2D eigenvalue weighted by molar-refractivity contribution is 5.75. The summed E-state index contributed by atoms with van der Waals surface area (Å²) < 4.78 is 1.97. The van der Waals surface area contributed by atoms with E-state index in [4.69, 9.17) is 0 Å². The summed E-state index contributed by atoms with van der Waals surface area (Å²) in [5, 5.41) is 2.95. The van der Waals surface area contributed by atoms with Crippen LogP contribution in [0.3, 0.4) is 0 Å². The average Bonchev–Trinajstić information content (AvgIpc) is 2.52. The average molecular weight is 327 g/mol. The summed E-state index contributed by atoms with van der Waals surface area (Å²) in [5.41, 5.74) is 0. The number of nitrogens with zero attached hydrogens (tertiary/aromatic N) is 1. The largest absolute Gasteiger partial charge is 1.00 e. The van der Waals surface area contributed by atoms with Gasteiger partial charge in [0.2, 0.25) is 12.6 Å². The first-order valence-corrected chi connectivity index (χ1v) is 8.53. The lowest BCUT2D eigenvalue weighted by Gasteiger charge is -2.03. The molecule has 0 aliphatic heterocycles. The van der Waals surface area contributed by atoms with Gasteiger partial charge in [-0.15, -0.1) is 0 Å². The Hall–Kier alpha value is -1.09. The Morgan fingerprint density at radius 2 is 1.41 bits per heavy atom. The molecule has 4 heteroatoms.